The van der Waals surface area contributed by atoms with Gasteiger partial charge in [-0.3, -0.25) is 14.4 Å². The largest absolute Gasteiger partial charge is 0.352 e. The second-order valence-corrected chi connectivity index (χ2v) is 12.5. The van der Waals surface area contributed by atoms with E-state index in [0.717, 1.165) is 47.7 Å². The number of hydrogen-bond acceptors (Lipinski definition) is 3. The van der Waals surface area contributed by atoms with Crippen LogP contribution in [0.4, 0.5) is 5.69 Å². The molecule has 0 unspecified atom stereocenters. The Balaban J connectivity index is 1.25. The number of rotatable bonds is 11. The molecule has 6 rings (SSSR count). The van der Waals surface area contributed by atoms with Gasteiger partial charge in [-0.05, 0) is 60.0 Å². The minimum absolute atomic E-state index is 0.0491. The molecule has 226 valence electrons. The van der Waals surface area contributed by atoms with Gasteiger partial charge in [-0.1, -0.05) is 96.7 Å². The smallest absolute Gasteiger partial charge is 0.258 e. The summed E-state index contributed by atoms with van der Waals surface area (Å²) in [5.41, 5.74) is 3.24. The molecule has 0 spiro atoms. The third-order valence-corrected chi connectivity index (χ3v) is 9.34. The van der Waals surface area contributed by atoms with Crippen molar-refractivity contribution in [1.29, 1.82) is 0 Å². The van der Waals surface area contributed by atoms with E-state index in [9.17, 15) is 14.4 Å². The van der Waals surface area contributed by atoms with E-state index < -0.39 is 6.04 Å². The highest BCUT2D eigenvalue weighted by Gasteiger charge is 2.33. The molecule has 1 heterocycles. The molecule has 3 amide bonds. The summed E-state index contributed by atoms with van der Waals surface area (Å²) in [5.74, 6) is -0.371. The van der Waals surface area contributed by atoms with Crippen molar-refractivity contribution in [2.45, 2.75) is 63.6 Å². The second kappa shape index (κ2) is 13.4. The van der Waals surface area contributed by atoms with E-state index in [1.54, 1.807) is 28.0 Å². The van der Waals surface area contributed by atoms with Gasteiger partial charge in [0.1, 0.15) is 6.04 Å². The first-order valence-electron chi connectivity index (χ1n) is 15.3. The van der Waals surface area contributed by atoms with E-state index in [0.29, 0.717) is 40.6 Å². The Labute approximate surface area is 267 Å². The fraction of sp³-hybridized carbons (Fsp3) is 0.306. The number of amides is 3. The average Bonchev–Trinajstić information content (AvgIpc) is 3.63. The van der Waals surface area contributed by atoms with Gasteiger partial charge >= 0.3 is 0 Å². The fourth-order valence-corrected chi connectivity index (χ4v) is 6.96. The van der Waals surface area contributed by atoms with Crippen LogP contribution in [-0.2, 0) is 22.6 Å². The van der Waals surface area contributed by atoms with Crippen LogP contribution in [0.15, 0.2) is 84.9 Å². The monoisotopic (exact) mass is 627 g/mol. The zero-order valence-corrected chi connectivity index (χ0v) is 26.0. The van der Waals surface area contributed by atoms with Crippen molar-refractivity contribution in [3.8, 4) is 0 Å². The number of anilines is 1. The summed E-state index contributed by atoms with van der Waals surface area (Å²) < 4.78 is 0. The highest BCUT2D eigenvalue weighted by atomic mass is 35.5. The van der Waals surface area contributed by atoms with Gasteiger partial charge in [0.2, 0.25) is 11.8 Å². The van der Waals surface area contributed by atoms with Crippen LogP contribution >= 0.6 is 23.2 Å². The lowest BCUT2D eigenvalue weighted by Gasteiger charge is -2.33. The lowest BCUT2D eigenvalue weighted by atomic mass is 10.0. The van der Waals surface area contributed by atoms with Gasteiger partial charge in [-0.2, -0.15) is 0 Å². The van der Waals surface area contributed by atoms with Crippen molar-refractivity contribution < 1.29 is 14.4 Å². The molecule has 0 bridgehead atoms. The third kappa shape index (κ3) is 6.47. The molecular weight excluding hydrogens is 593 g/mol. The number of nitrogens with zero attached hydrogens (tertiary/aromatic N) is 2. The molecule has 2 aliphatic rings. The van der Waals surface area contributed by atoms with E-state index in [1.165, 1.54) is 0 Å². The van der Waals surface area contributed by atoms with Crippen LogP contribution in [0.3, 0.4) is 0 Å². The van der Waals surface area contributed by atoms with Gasteiger partial charge in [-0.25, -0.2) is 0 Å². The first kappa shape index (κ1) is 30.2. The van der Waals surface area contributed by atoms with Crippen LogP contribution in [0, 0.1) is 0 Å². The summed E-state index contributed by atoms with van der Waals surface area (Å²) in [7, 11) is 0. The molecule has 0 saturated heterocycles. The van der Waals surface area contributed by atoms with Gasteiger partial charge < -0.3 is 15.1 Å². The summed E-state index contributed by atoms with van der Waals surface area (Å²) >= 11 is 12.8. The summed E-state index contributed by atoms with van der Waals surface area (Å²) in [6.07, 6.45) is 5.05. The summed E-state index contributed by atoms with van der Waals surface area (Å²) in [6.45, 7) is 0.559. The number of hydrogen-bond donors (Lipinski definition) is 1. The van der Waals surface area contributed by atoms with Gasteiger partial charge in [0.25, 0.3) is 5.91 Å². The minimum Gasteiger partial charge on any atom is -0.352 e. The van der Waals surface area contributed by atoms with Gasteiger partial charge in [0.15, 0.2) is 0 Å². The Hall–Kier alpha value is -3.87. The number of halogens is 2. The third-order valence-electron chi connectivity index (χ3n) is 8.75. The van der Waals surface area contributed by atoms with Crippen LogP contribution in [0.2, 0.25) is 10.0 Å². The first-order chi connectivity index (χ1) is 21.4. The first-order valence-corrected chi connectivity index (χ1v) is 16.1. The maximum atomic E-state index is 14.1. The summed E-state index contributed by atoms with van der Waals surface area (Å²) in [5, 5.41) is 6.16. The SMILES string of the molecule is O=C(NC1CCCC1)[C@@H](Cc1ccccc1)N(Cc1ccc(Cl)cc1Cl)C(=O)CCCN1C(=O)c2cccc3cccc1c23. The van der Waals surface area contributed by atoms with Crippen LogP contribution in [0.1, 0.15) is 60.0 Å². The maximum absolute atomic E-state index is 14.1. The van der Waals surface area contributed by atoms with E-state index in [2.05, 4.69) is 5.32 Å². The van der Waals surface area contributed by atoms with Crippen molar-refractivity contribution in [2.75, 3.05) is 11.4 Å². The van der Waals surface area contributed by atoms with Crippen molar-refractivity contribution in [3.63, 3.8) is 0 Å². The number of benzene rings is 4. The standard InChI is InChI=1S/C36H35Cl2N3O3/c37-27-19-18-26(30(38)22-27)23-41(32(21-24-9-2-1-3-10-24)35(43)39-28-13-4-5-14-28)33(42)17-8-20-40-31-16-7-12-25-11-6-15-29(34(25)31)36(40)44/h1-3,6-7,9-12,15-16,18-19,22,28,32H,4-5,8,13-14,17,20-21,23H2,(H,39,43)/t32-/m1/s1. The Bertz CT molecular complexity index is 1680. The number of nitrogens with one attached hydrogen (secondary N) is 1. The van der Waals surface area contributed by atoms with Gasteiger partial charge in [-0.15, -0.1) is 0 Å². The van der Waals surface area contributed by atoms with Crippen molar-refractivity contribution in [1.82, 2.24) is 10.2 Å². The Kier molecular flexibility index (Phi) is 9.20. The van der Waals surface area contributed by atoms with Crippen LogP contribution in [0.25, 0.3) is 10.8 Å². The number of carbonyl (C=O) groups excluding carboxylic acids is 3. The topological polar surface area (TPSA) is 69.7 Å². The predicted octanol–water partition coefficient (Wildman–Crippen LogP) is 7.59. The lowest BCUT2D eigenvalue weighted by molar-refractivity contribution is -0.141. The van der Waals surface area contributed by atoms with E-state index in [1.807, 2.05) is 66.7 Å². The predicted molar refractivity (Wildman–Crippen MR) is 176 cm³/mol. The zero-order valence-electron chi connectivity index (χ0n) is 24.5. The molecule has 6 nitrogen and oxygen atoms in total. The lowest BCUT2D eigenvalue weighted by Crippen LogP contribution is -2.52. The molecule has 1 saturated carbocycles. The molecule has 8 heteroatoms. The van der Waals surface area contributed by atoms with Crippen LogP contribution in [0.5, 0.6) is 0 Å². The van der Waals surface area contributed by atoms with Gasteiger partial charge in [0.05, 0.1) is 5.69 Å². The Morgan fingerprint density at radius 3 is 2.43 bits per heavy atom. The summed E-state index contributed by atoms with van der Waals surface area (Å²) in [6, 6.07) is 26.0. The minimum atomic E-state index is -0.733. The van der Waals surface area contributed by atoms with Crippen molar-refractivity contribution in [2.24, 2.45) is 0 Å². The van der Waals surface area contributed by atoms with Crippen LogP contribution in [-0.4, -0.2) is 41.2 Å². The molecule has 0 radical (unpaired) electrons. The van der Waals surface area contributed by atoms with E-state index in [-0.39, 0.29) is 36.7 Å². The molecule has 0 aromatic heterocycles. The molecule has 4 aromatic rings. The summed E-state index contributed by atoms with van der Waals surface area (Å²) in [4.78, 5) is 44.8. The highest BCUT2D eigenvalue weighted by molar-refractivity contribution is 6.35. The maximum Gasteiger partial charge on any atom is 0.258 e. The number of carbonyl (C=O) groups is 3. The molecule has 1 atom stereocenters. The molecule has 1 aliphatic heterocycles. The normalized spacial score (nSPS) is 15.1. The Morgan fingerprint density at radius 2 is 1.68 bits per heavy atom. The second-order valence-electron chi connectivity index (χ2n) is 11.7. The van der Waals surface area contributed by atoms with Crippen molar-refractivity contribution in [3.05, 3.63) is 112 Å². The van der Waals surface area contributed by atoms with Crippen molar-refractivity contribution >= 4 is 57.4 Å². The molecule has 1 N–H and O–H groups in total. The van der Waals surface area contributed by atoms with Gasteiger partial charge in [0, 0.05) is 53.0 Å². The highest BCUT2D eigenvalue weighted by Crippen LogP contribution is 2.37. The average molecular weight is 629 g/mol. The molecule has 4 aromatic carbocycles. The molecular formula is C36H35Cl2N3O3. The van der Waals surface area contributed by atoms with E-state index in [4.69, 9.17) is 23.2 Å². The van der Waals surface area contributed by atoms with Crippen LogP contribution < -0.4 is 10.2 Å². The molecule has 1 fully saturated rings. The zero-order chi connectivity index (χ0) is 30.6. The Morgan fingerprint density at radius 1 is 0.932 bits per heavy atom. The fourth-order valence-electron chi connectivity index (χ4n) is 6.49. The van der Waals surface area contributed by atoms with E-state index >= 15 is 0 Å². The molecule has 1 aliphatic carbocycles. The quantitative estimate of drug-likeness (QED) is 0.186. The molecule has 44 heavy (non-hydrogen) atoms.